The fraction of sp³-hybridized carbons (Fsp3) is 0.273. The average Bonchev–Trinajstić information content (AvgIpc) is 2.60. The summed E-state index contributed by atoms with van der Waals surface area (Å²) in [5, 5.41) is 0. The number of benzene rings is 1. The molecule has 0 atom stereocenters. The lowest BCUT2D eigenvalue weighted by molar-refractivity contribution is -0.118. The van der Waals surface area contributed by atoms with Crippen molar-refractivity contribution in [2.24, 2.45) is 5.73 Å². The third kappa shape index (κ3) is 2.15. The van der Waals surface area contributed by atoms with Crippen LogP contribution in [0.1, 0.15) is 6.42 Å². The van der Waals surface area contributed by atoms with E-state index in [1.165, 1.54) is 0 Å². The Kier molecular flexibility index (Phi) is 2.86. The Morgan fingerprint density at radius 3 is 2.94 bits per heavy atom. The summed E-state index contributed by atoms with van der Waals surface area (Å²) in [6.45, 7) is 0.435. The van der Waals surface area contributed by atoms with Crippen LogP contribution >= 0.6 is 0 Å². The number of methoxy groups -OCH3 is 1. The number of rotatable bonds is 4. The van der Waals surface area contributed by atoms with Crippen LogP contribution in [0.5, 0.6) is 5.75 Å². The van der Waals surface area contributed by atoms with Crippen molar-refractivity contribution >= 4 is 22.9 Å². The van der Waals surface area contributed by atoms with Gasteiger partial charge in [-0.1, -0.05) is 0 Å². The van der Waals surface area contributed by atoms with Gasteiger partial charge < -0.3 is 20.8 Å². The molecule has 0 aliphatic heterocycles. The molecule has 6 heteroatoms. The summed E-state index contributed by atoms with van der Waals surface area (Å²) in [5.41, 5.74) is 12.5. The van der Waals surface area contributed by atoms with Crippen molar-refractivity contribution in [2.75, 3.05) is 12.8 Å². The van der Waals surface area contributed by atoms with E-state index >= 15 is 0 Å². The number of primary amides is 1. The van der Waals surface area contributed by atoms with Crippen LogP contribution in [0.4, 0.5) is 5.95 Å². The highest BCUT2D eigenvalue weighted by molar-refractivity contribution is 5.80. The van der Waals surface area contributed by atoms with Gasteiger partial charge in [-0.25, -0.2) is 4.98 Å². The van der Waals surface area contributed by atoms with E-state index in [9.17, 15) is 4.79 Å². The second-order valence-corrected chi connectivity index (χ2v) is 3.69. The molecule has 1 aromatic heterocycles. The minimum Gasteiger partial charge on any atom is -0.497 e. The van der Waals surface area contributed by atoms with Crippen LogP contribution < -0.4 is 16.2 Å². The lowest BCUT2D eigenvalue weighted by Crippen LogP contribution is -2.14. The number of hydrogen-bond acceptors (Lipinski definition) is 4. The van der Waals surface area contributed by atoms with Crippen LogP contribution in [-0.2, 0) is 11.3 Å². The average molecular weight is 234 g/mol. The van der Waals surface area contributed by atoms with Crippen molar-refractivity contribution in [3.05, 3.63) is 18.2 Å². The number of anilines is 1. The molecule has 0 bridgehead atoms. The number of nitrogens with zero attached hydrogens (tertiary/aromatic N) is 2. The van der Waals surface area contributed by atoms with Gasteiger partial charge in [0.15, 0.2) is 0 Å². The predicted octanol–water partition coefficient (Wildman–Crippen LogP) is 0.502. The fourth-order valence-electron chi connectivity index (χ4n) is 1.71. The number of hydrogen-bond donors (Lipinski definition) is 2. The third-order valence-electron chi connectivity index (χ3n) is 2.57. The molecule has 2 aromatic rings. The highest BCUT2D eigenvalue weighted by Crippen LogP contribution is 2.22. The SMILES string of the molecule is COc1ccc2c(c1)nc(N)n2CCC(N)=O. The van der Waals surface area contributed by atoms with E-state index in [1.807, 2.05) is 12.1 Å². The summed E-state index contributed by atoms with van der Waals surface area (Å²) in [6.07, 6.45) is 0.238. The maximum Gasteiger partial charge on any atom is 0.219 e. The van der Waals surface area contributed by atoms with Crippen molar-refractivity contribution in [3.8, 4) is 5.75 Å². The van der Waals surface area contributed by atoms with Crippen LogP contribution in [-0.4, -0.2) is 22.6 Å². The summed E-state index contributed by atoms with van der Waals surface area (Å²) in [7, 11) is 1.59. The molecule has 1 aromatic carbocycles. The summed E-state index contributed by atoms with van der Waals surface area (Å²) in [4.78, 5) is 15.0. The maximum absolute atomic E-state index is 10.8. The van der Waals surface area contributed by atoms with Crippen molar-refractivity contribution < 1.29 is 9.53 Å². The monoisotopic (exact) mass is 234 g/mol. The number of nitrogen functional groups attached to an aromatic ring is 1. The van der Waals surface area contributed by atoms with Gasteiger partial charge in [-0.05, 0) is 12.1 Å². The first kappa shape index (κ1) is 11.3. The number of amides is 1. The molecule has 0 fully saturated rings. The number of carbonyl (C=O) groups excluding carboxylic acids is 1. The topological polar surface area (TPSA) is 96.2 Å². The molecule has 0 radical (unpaired) electrons. The van der Waals surface area contributed by atoms with Gasteiger partial charge in [0.1, 0.15) is 5.75 Å². The first-order valence-electron chi connectivity index (χ1n) is 5.20. The highest BCUT2D eigenvalue weighted by Gasteiger charge is 2.09. The number of aromatic nitrogens is 2. The van der Waals surface area contributed by atoms with Gasteiger partial charge in [-0.2, -0.15) is 0 Å². The first-order chi connectivity index (χ1) is 8.11. The molecular formula is C11H14N4O2. The lowest BCUT2D eigenvalue weighted by atomic mass is 10.3. The standard InChI is InChI=1S/C11H14N4O2/c1-17-7-2-3-9-8(6-7)14-11(13)15(9)5-4-10(12)16/h2-3,6H,4-5H2,1H3,(H2,12,16)(H2,13,14). The van der Waals surface area contributed by atoms with Crippen LogP contribution in [0, 0.1) is 0 Å². The van der Waals surface area contributed by atoms with E-state index < -0.39 is 0 Å². The molecule has 0 unspecified atom stereocenters. The van der Waals surface area contributed by atoms with Gasteiger partial charge in [0, 0.05) is 19.0 Å². The molecule has 0 aliphatic carbocycles. The summed E-state index contributed by atoms with van der Waals surface area (Å²) >= 11 is 0. The van der Waals surface area contributed by atoms with Gasteiger partial charge in [0.2, 0.25) is 11.9 Å². The summed E-state index contributed by atoms with van der Waals surface area (Å²) < 4.78 is 6.87. The number of fused-ring (bicyclic) bond motifs is 1. The predicted molar refractivity (Wildman–Crippen MR) is 64.5 cm³/mol. The minimum atomic E-state index is -0.361. The molecular weight excluding hydrogens is 220 g/mol. The van der Waals surface area contributed by atoms with Crippen LogP contribution in [0.3, 0.4) is 0 Å². The molecule has 4 N–H and O–H groups in total. The van der Waals surface area contributed by atoms with E-state index in [0.717, 1.165) is 16.8 Å². The molecule has 0 saturated heterocycles. The Balaban J connectivity index is 2.41. The van der Waals surface area contributed by atoms with Crippen molar-refractivity contribution in [2.45, 2.75) is 13.0 Å². The zero-order valence-electron chi connectivity index (χ0n) is 9.51. The molecule has 0 saturated carbocycles. The zero-order chi connectivity index (χ0) is 12.4. The quantitative estimate of drug-likeness (QED) is 0.805. The maximum atomic E-state index is 10.8. The molecule has 1 amide bonds. The number of carbonyl (C=O) groups is 1. The van der Waals surface area contributed by atoms with Gasteiger partial charge in [-0.3, -0.25) is 4.79 Å². The van der Waals surface area contributed by atoms with E-state index in [0.29, 0.717) is 12.5 Å². The minimum absolute atomic E-state index is 0.238. The van der Waals surface area contributed by atoms with Crippen LogP contribution in [0.15, 0.2) is 18.2 Å². The lowest BCUT2D eigenvalue weighted by Gasteiger charge is -2.04. The molecule has 1 heterocycles. The Bertz CT molecular complexity index is 562. The van der Waals surface area contributed by atoms with E-state index in [-0.39, 0.29) is 12.3 Å². The second kappa shape index (κ2) is 4.32. The van der Waals surface area contributed by atoms with Crippen LogP contribution in [0.25, 0.3) is 11.0 Å². The number of ether oxygens (including phenoxy) is 1. The van der Waals surface area contributed by atoms with Gasteiger partial charge in [-0.15, -0.1) is 0 Å². The molecule has 90 valence electrons. The fourth-order valence-corrected chi connectivity index (χ4v) is 1.71. The van der Waals surface area contributed by atoms with E-state index in [2.05, 4.69) is 4.98 Å². The summed E-state index contributed by atoms with van der Waals surface area (Å²) in [6, 6.07) is 5.48. The van der Waals surface area contributed by atoms with Gasteiger partial charge >= 0.3 is 0 Å². The summed E-state index contributed by atoms with van der Waals surface area (Å²) in [5.74, 6) is 0.728. The van der Waals surface area contributed by atoms with Gasteiger partial charge in [0.05, 0.1) is 18.1 Å². The molecule has 0 aliphatic rings. The Hall–Kier alpha value is -2.24. The molecule has 6 nitrogen and oxygen atoms in total. The zero-order valence-corrected chi connectivity index (χ0v) is 9.51. The Morgan fingerprint density at radius 1 is 1.53 bits per heavy atom. The normalized spacial score (nSPS) is 10.6. The van der Waals surface area contributed by atoms with E-state index in [4.69, 9.17) is 16.2 Å². The highest BCUT2D eigenvalue weighted by atomic mass is 16.5. The Labute approximate surface area is 98.2 Å². The third-order valence-corrected chi connectivity index (χ3v) is 2.57. The Morgan fingerprint density at radius 2 is 2.29 bits per heavy atom. The number of imidazole rings is 1. The smallest absolute Gasteiger partial charge is 0.219 e. The van der Waals surface area contributed by atoms with Crippen LogP contribution in [0.2, 0.25) is 0 Å². The number of nitrogens with two attached hydrogens (primary N) is 2. The van der Waals surface area contributed by atoms with Crippen molar-refractivity contribution in [3.63, 3.8) is 0 Å². The molecule has 2 rings (SSSR count). The molecule has 17 heavy (non-hydrogen) atoms. The van der Waals surface area contributed by atoms with Crippen molar-refractivity contribution in [1.29, 1.82) is 0 Å². The second-order valence-electron chi connectivity index (χ2n) is 3.69. The van der Waals surface area contributed by atoms with E-state index in [1.54, 1.807) is 17.7 Å². The van der Waals surface area contributed by atoms with Gasteiger partial charge in [0.25, 0.3) is 0 Å². The largest absolute Gasteiger partial charge is 0.497 e. The van der Waals surface area contributed by atoms with Crippen molar-refractivity contribution in [1.82, 2.24) is 9.55 Å². The molecule has 0 spiro atoms. The number of aryl methyl sites for hydroxylation is 1. The first-order valence-corrected chi connectivity index (χ1v) is 5.20.